The van der Waals surface area contributed by atoms with E-state index in [9.17, 15) is 9.90 Å². The Labute approximate surface area is 171 Å². The van der Waals surface area contributed by atoms with E-state index in [1.54, 1.807) is 0 Å². The van der Waals surface area contributed by atoms with Gasteiger partial charge in [-0.3, -0.25) is 4.79 Å². The zero-order valence-electron chi connectivity index (χ0n) is 16.5. The lowest BCUT2D eigenvalue weighted by Gasteiger charge is -2.15. The Kier molecular flexibility index (Phi) is 7.39. The third-order valence-electron chi connectivity index (χ3n) is 4.50. The Balaban J connectivity index is 1.49. The van der Waals surface area contributed by atoms with Crippen molar-refractivity contribution in [1.29, 1.82) is 0 Å². The summed E-state index contributed by atoms with van der Waals surface area (Å²) in [5, 5.41) is 16.3. The lowest BCUT2D eigenvalue weighted by atomic mass is 10.1. The summed E-state index contributed by atoms with van der Waals surface area (Å²) in [6.45, 7) is 2.88. The number of anilines is 1. The van der Waals surface area contributed by atoms with Gasteiger partial charge < -0.3 is 20.5 Å². The number of rotatable bonds is 9. The maximum absolute atomic E-state index is 12.2. The highest BCUT2D eigenvalue weighted by atomic mass is 16.5. The summed E-state index contributed by atoms with van der Waals surface area (Å²) in [7, 11) is 0. The van der Waals surface area contributed by atoms with Gasteiger partial charge in [-0.05, 0) is 30.7 Å². The number of carbonyl (C=O) groups is 1. The number of nitrogens with one attached hydrogen (secondary N) is 2. The number of ether oxygens (including phenoxy) is 1. The Morgan fingerprint density at radius 3 is 2.41 bits per heavy atom. The molecule has 0 unspecified atom stereocenters. The highest BCUT2D eigenvalue weighted by molar-refractivity contribution is 5.91. The second-order valence-electron chi connectivity index (χ2n) is 6.87. The molecule has 0 radical (unpaired) electrons. The van der Waals surface area contributed by atoms with Crippen molar-refractivity contribution in [2.24, 2.45) is 0 Å². The molecule has 0 fully saturated rings. The molecule has 0 saturated heterocycles. The molecule has 1 amide bonds. The third-order valence-corrected chi connectivity index (χ3v) is 4.50. The van der Waals surface area contributed by atoms with Crippen LogP contribution >= 0.6 is 0 Å². The van der Waals surface area contributed by atoms with Gasteiger partial charge >= 0.3 is 0 Å². The first-order valence-electron chi connectivity index (χ1n) is 9.63. The molecule has 0 aromatic heterocycles. The van der Waals surface area contributed by atoms with Gasteiger partial charge in [0.2, 0.25) is 0 Å². The topological polar surface area (TPSA) is 70.6 Å². The summed E-state index contributed by atoms with van der Waals surface area (Å²) in [5.41, 5.74) is 3.68. The highest BCUT2D eigenvalue weighted by Gasteiger charge is 2.09. The van der Waals surface area contributed by atoms with Crippen LogP contribution < -0.4 is 15.4 Å². The van der Waals surface area contributed by atoms with Crippen LogP contribution in [0.4, 0.5) is 5.69 Å². The molecule has 0 aliphatic rings. The van der Waals surface area contributed by atoms with Crippen molar-refractivity contribution < 1.29 is 14.6 Å². The van der Waals surface area contributed by atoms with E-state index in [1.807, 2.05) is 85.8 Å². The minimum atomic E-state index is -0.579. The fraction of sp³-hybridized carbons (Fsp3) is 0.208. The summed E-state index contributed by atoms with van der Waals surface area (Å²) >= 11 is 0. The molecule has 0 saturated carbocycles. The van der Waals surface area contributed by atoms with E-state index < -0.39 is 6.10 Å². The SMILES string of the molecule is Cc1ccc(NC(=O)COc2ccccc2CNC[C@@H](O)c2ccccc2)cc1. The molecule has 3 aromatic carbocycles. The van der Waals surface area contributed by atoms with Gasteiger partial charge in [0.15, 0.2) is 6.61 Å². The average Bonchev–Trinajstić information content (AvgIpc) is 2.75. The minimum Gasteiger partial charge on any atom is -0.483 e. The predicted molar refractivity (Wildman–Crippen MR) is 115 cm³/mol. The largest absolute Gasteiger partial charge is 0.483 e. The van der Waals surface area contributed by atoms with E-state index in [0.717, 1.165) is 22.4 Å². The molecule has 0 spiro atoms. The number of hydrogen-bond donors (Lipinski definition) is 3. The zero-order chi connectivity index (χ0) is 20.5. The van der Waals surface area contributed by atoms with Crippen molar-refractivity contribution in [2.45, 2.75) is 19.6 Å². The zero-order valence-corrected chi connectivity index (χ0v) is 16.5. The molecule has 3 rings (SSSR count). The van der Waals surface area contributed by atoms with Crippen LogP contribution in [0.2, 0.25) is 0 Å². The molecule has 0 bridgehead atoms. The van der Waals surface area contributed by atoms with Crippen LogP contribution in [0.3, 0.4) is 0 Å². The first kappa shape index (κ1) is 20.6. The Morgan fingerprint density at radius 2 is 1.66 bits per heavy atom. The number of hydrogen-bond acceptors (Lipinski definition) is 4. The smallest absolute Gasteiger partial charge is 0.262 e. The minimum absolute atomic E-state index is 0.0719. The molecule has 5 heteroatoms. The fourth-order valence-electron chi connectivity index (χ4n) is 2.90. The van der Waals surface area contributed by atoms with Gasteiger partial charge in [0.1, 0.15) is 5.75 Å². The van der Waals surface area contributed by atoms with Crippen LogP contribution in [0.5, 0.6) is 5.75 Å². The number of benzene rings is 3. The number of aliphatic hydroxyl groups excluding tert-OH is 1. The first-order valence-corrected chi connectivity index (χ1v) is 9.63. The van der Waals surface area contributed by atoms with Crippen LogP contribution in [0.1, 0.15) is 22.8 Å². The van der Waals surface area contributed by atoms with Crippen molar-refractivity contribution in [2.75, 3.05) is 18.5 Å². The summed E-state index contributed by atoms with van der Waals surface area (Å²) in [5.74, 6) is 0.435. The summed E-state index contributed by atoms with van der Waals surface area (Å²) in [4.78, 5) is 12.2. The number of para-hydroxylation sites is 1. The van der Waals surface area contributed by atoms with Gasteiger partial charge in [0.05, 0.1) is 6.10 Å². The third kappa shape index (κ3) is 6.45. The number of aryl methyl sites for hydroxylation is 1. The Morgan fingerprint density at radius 1 is 0.966 bits per heavy atom. The second-order valence-corrected chi connectivity index (χ2v) is 6.87. The van der Waals surface area contributed by atoms with Crippen molar-refractivity contribution >= 4 is 11.6 Å². The number of amides is 1. The van der Waals surface area contributed by atoms with Crippen LogP contribution in [0.15, 0.2) is 78.9 Å². The van der Waals surface area contributed by atoms with Crippen LogP contribution in [-0.2, 0) is 11.3 Å². The molecule has 3 aromatic rings. The molecule has 5 nitrogen and oxygen atoms in total. The van der Waals surface area contributed by atoms with Crippen molar-refractivity contribution in [3.8, 4) is 5.75 Å². The maximum Gasteiger partial charge on any atom is 0.262 e. The molecule has 3 N–H and O–H groups in total. The fourth-order valence-corrected chi connectivity index (χ4v) is 2.90. The molecule has 0 aliphatic heterocycles. The van der Waals surface area contributed by atoms with E-state index >= 15 is 0 Å². The predicted octanol–water partition coefficient (Wildman–Crippen LogP) is 3.84. The first-order chi connectivity index (χ1) is 14.1. The van der Waals surface area contributed by atoms with Crippen molar-refractivity contribution in [1.82, 2.24) is 5.32 Å². The van der Waals surface area contributed by atoms with Crippen LogP contribution in [0.25, 0.3) is 0 Å². The van der Waals surface area contributed by atoms with E-state index in [-0.39, 0.29) is 12.5 Å². The lowest BCUT2D eigenvalue weighted by molar-refractivity contribution is -0.118. The maximum atomic E-state index is 12.2. The molecule has 150 valence electrons. The van der Waals surface area contributed by atoms with Gasteiger partial charge in [-0.25, -0.2) is 0 Å². The average molecular weight is 390 g/mol. The summed E-state index contributed by atoms with van der Waals surface area (Å²) in [6.07, 6.45) is -0.579. The highest BCUT2D eigenvalue weighted by Crippen LogP contribution is 2.18. The van der Waals surface area contributed by atoms with Gasteiger partial charge in [0.25, 0.3) is 5.91 Å². The summed E-state index contributed by atoms with van der Waals surface area (Å²) < 4.78 is 5.72. The molecule has 29 heavy (non-hydrogen) atoms. The van der Waals surface area contributed by atoms with Gasteiger partial charge in [-0.15, -0.1) is 0 Å². The lowest BCUT2D eigenvalue weighted by Crippen LogP contribution is -2.23. The molecular formula is C24H26N2O3. The van der Waals surface area contributed by atoms with Gasteiger partial charge in [-0.2, -0.15) is 0 Å². The van der Waals surface area contributed by atoms with Crippen molar-refractivity contribution in [3.05, 3.63) is 95.6 Å². The quantitative estimate of drug-likeness (QED) is 0.519. The molecule has 0 heterocycles. The van der Waals surface area contributed by atoms with Gasteiger partial charge in [0, 0.05) is 24.3 Å². The molecular weight excluding hydrogens is 364 g/mol. The van der Waals surface area contributed by atoms with Crippen LogP contribution in [-0.4, -0.2) is 24.2 Å². The second kappa shape index (κ2) is 10.4. The van der Waals surface area contributed by atoms with Crippen LogP contribution in [0, 0.1) is 6.92 Å². The van der Waals surface area contributed by atoms with E-state index in [0.29, 0.717) is 18.8 Å². The Bertz CT molecular complexity index is 911. The molecule has 1 atom stereocenters. The Hall–Kier alpha value is -3.15. The van der Waals surface area contributed by atoms with Gasteiger partial charge in [-0.1, -0.05) is 66.2 Å². The normalized spacial score (nSPS) is 11.7. The summed E-state index contributed by atoms with van der Waals surface area (Å²) in [6, 6.07) is 24.7. The van der Waals surface area contributed by atoms with Crippen molar-refractivity contribution in [3.63, 3.8) is 0 Å². The van der Waals surface area contributed by atoms with E-state index in [4.69, 9.17) is 4.74 Å². The van der Waals surface area contributed by atoms with E-state index in [2.05, 4.69) is 10.6 Å². The number of aliphatic hydroxyl groups is 1. The monoisotopic (exact) mass is 390 g/mol. The number of carbonyl (C=O) groups excluding carboxylic acids is 1. The molecule has 0 aliphatic carbocycles. The standard InChI is InChI=1S/C24H26N2O3/c1-18-11-13-21(14-12-18)26-24(28)17-29-23-10-6-5-9-20(23)15-25-16-22(27)19-7-3-2-4-8-19/h2-14,22,25,27H,15-17H2,1H3,(H,26,28)/t22-/m1/s1. The van der Waals surface area contributed by atoms with E-state index in [1.165, 1.54) is 0 Å².